The lowest BCUT2D eigenvalue weighted by Crippen LogP contribution is -2.21. The number of ether oxygens (including phenoxy) is 3. The van der Waals surface area contributed by atoms with E-state index in [1.54, 1.807) is 50.6 Å². The van der Waals surface area contributed by atoms with Crippen LogP contribution in [0.5, 0.6) is 11.5 Å². The highest BCUT2D eigenvalue weighted by molar-refractivity contribution is 6.32. The molecule has 8 heteroatoms. The lowest BCUT2D eigenvalue weighted by atomic mass is 9.84. The number of hydrogen-bond donors (Lipinski definition) is 1. The number of aliphatic hydroxyl groups is 1. The molecule has 1 aliphatic carbocycles. The SMILES string of the molecule is COc1cc(C2=CC(=CC3=C(O)C(=Cc4cc(-c5ccc(Cl)c(OC)c5)[o+]c(C(C)(C)C)c4)C3=O)C=C(C(C)(C)C)O2)ccc1Cl. The number of rotatable bonds is 6. The number of aliphatic hydroxyl groups excluding tert-OH is 1. The Kier molecular flexibility index (Phi) is 9.00. The summed E-state index contributed by atoms with van der Waals surface area (Å²) in [5.41, 5.74) is 2.73. The Hall–Kier alpha value is -4.26. The Morgan fingerprint density at radius 2 is 1.41 bits per heavy atom. The molecule has 2 aliphatic rings. The van der Waals surface area contributed by atoms with Gasteiger partial charge in [0.15, 0.2) is 0 Å². The second-order valence-corrected chi connectivity index (χ2v) is 14.0. The van der Waals surface area contributed by atoms with Crippen LogP contribution in [0.4, 0.5) is 0 Å². The second kappa shape index (κ2) is 12.5. The van der Waals surface area contributed by atoms with Crippen molar-refractivity contribution in [2.24, 2.45) is 5.41 Å². The van der Waals surface area contributed by atoms with Crippen molar-refractivity contribution in [2.75, 3.05) is 14.2 Å². The highest BCUT2D eigenvalue weighted by Crippen LogP contribution is 2.40. The predicted octanol–water partition coefficient (Wildman–Crippen LogP) is 10.6. The van der Waals surface area contributed by atoms with E-state index in [-0.39, 0.29) is 33.5 Å². The minimum absolute atomic E-state index is 0.0781. The molecule has 0 amide bonds. The van der Waals surface area contributed by atoms with Gasteiger partial charge in [-0.15, -0.1) is 0 Å². The van der Waals surface area contributed by atoms with Gasteiger partial charge in [0, 0.05) is 17.0 Å². The number of carbonyl (C=O) groups is 1. The molecule has 0 radical (unpaired) electrons. The first kappa shape index (κ1) is 33.1. The van der Waals surface area contributed by atoms with E-state index in [1.165, 1.54) is 0 Å². The topological polar surface area (TPSA) is 76.3 Å². The van der Waals surface area contributed by atoms with Crippen LogP contribution in [0.1, 0.15) is 58.4 Å². The quantitative estimate of drug-likeness (QED) is 0.209. The summed E-state index contributed by atoms with van der Waals surface area (Å²) < 4.78 is 23.4. The van der Waals surface area contributed by atoms with Gasteiger partial charge in [-0.2, -0.15) is 0 Å². The number of allylic oxidation sites excluding steroid dienone is 7. The fourth-order valence-electron chi connectivity index (χ4n) is 4.90. The summed E-state index contributed by atoms with van der Waals surface area (Å²) in [6.07, 6.45) is 7.08. The number of hydrogen-bond acceptors (Lipinski definition) is 5. The molecule has 2 aromatic carbocycles. The first-order valence-electron chi connectivity index (χ1n) is 14.8. The minimum Gasteiger partial charge on any atom is -0.506 e. The van der Waals surface area contributed by atoms with E-state index in [1.807, 2.05) is 78.0 Å². The molecule has 0 fully saturated rings. The maximum atomic E-state index is 13.5. The number of halogens is 2. The standard InChI is InChI=1S/C38H36Cl2O6/c1-37(2,3)33-17-21(15-29(45-33)23-9-11-27(39)31(19-23)43-7)13-25-35(41)26(36(25)42)14-22-16-30(46-34(18-22)38(4,5)6)24-10-12-28(40)32(20-24)44-8/h9-20H,1-8H3/p+1. The number of ketones is 1. The van der Waals surface area contributed by atoms with Gasteiger partial charge < -0.3 is 19.3 Å². The Labute approximate surface area is 279 Å². The summed E-state index contributed by atoms with van der Waals surface area (Å²) in [6, 6.07) is 14.5. The Balaban J connectivity index is 1.56. The monoisotopic (exact) mass is 659 g/mol. The molecular weight excluding hydrogens is 623 g/mol. The molecule has 1 N–H and O–H groups in total. The summed E-state index contributed by atoms with van der Waals surface area (Å²) in [5.74, 6) is 3.27. The first-order valence-corrected chi connectivity index (χ1v) is 15.5. The van der Waals surface area contributed by atoms with Crippen molar-refractivity contribution in [3.05, 3.63) is 122 Å². The molecule has 1 aromatic heterocycles. The van der Waals surface area contributed by atoms with E-state index in [4.69, 9.17) is 41.8 Å². The fraction of sp³-hybridized carbons (Fsp3) is 0.263. The van der Waals surface area contributed by atoms with E-state index in [0.29, 0.717) is 55.7 Å². The van der Waals surface area contributed by atoms with Crippen molar-refractivity contribution in [3.63, 3.8) is 0 Å². The van der Waals surface area contributed by atoms with Crippen molar-refractivity contribution in [1.29, 1.82) is 0 Å². The van der Waals surface area contributed by atoms with Gasteiger partial charge in [-0.25, -0.2) is 4.42 Å². The van der Waals surface area contributed by atoms with E-state index in [2.05, 4.69) is 0 Å². The number of Topliss-reactive ketones (excluding diaryl/α,β-unsaturated/α-hetero) is 1. The van der Waals surface area contributed by atoms with Crippen LogP contribution in [0.3, 0.4) is 0 Å². The first-order chi connectivity index (χ1) is 21.6. The second-order valence-electron chi connectivity index (χ2n) is 13.2. The van der Waals surface area contributed by atoms with E-state index in [9.17, 15) is 9.90 Å². The van der Waals surface area contributed by atoms with Gasteiger partial charge in [-0.3, -0.25) is 4.79 Å². The lowest BCUT2D eigenvalue weighted by Gasteiger charge is -2.28. The zero-order valence-electron chi connectivity index (χ0n) is 27.2. The average molecular weight is 661 g/mol. The van der Waals surface area contributed by atoms with Crippen molar-refractivity contribution in [2.45, 2.75) is 47.0 Å². The summed E-state index contributed by atoms with van der Waals surface area (Å²) >= 11 is 12.5. The largest absolute Gasteiger partial charge is 0.506 e. The van der Waals surface area contributed by atoms with Crippen molar-refractivity contribution in [3.8, 4) is 22.8 Å². The molecular formula is C38H37Cl2O6+. The third-order valence-corrected chi connectivity index (χ3v) is 8.23. The van der Waals surface area contributed by atoms with Crippen LogP contribution < -0.4 is 9.47 Å². The van der Waals surface area contributed by atoms with Gasteiger partial charge in [-0.05, 0) is 92.6 Å². The maximum absolute atomic E-state index is 13.5. The van der Waals surface area contributed by atoms with Gasteiger partial charge in [-0.1, -0.05) is 44.0 Å². The van der Waals surface area contributed by atoms with Gasteiger partial charge in [0.2, 0.25) is 5.78 Å². The van der Waals surface area contributed by atoms with Crippen LogP contribution in [0.15, 0.2) is 99.4 Å². The van der Waals surface area contributed by atoms with E-state index in [0.717, 1.165) is 11.1 Å². The van der Waals surface area contributed by atoms with Crippen LogP contribution in [-0.2, 0) is 14.9 Å². The zero-order valence-corrected chi connectivity index (χ0v) is 28.7. The summed E-state index contributed by atoms with van der Waals surface area (Å²) in [7, 11) is 3.11. The molecule has 0 saturated heterocycles. The van der Waals surface area contributed by atoms with Gasteiger partial charge in [0.25, 0.3) is 0 Å². The van der Waals surface area contributed by atoms with Crippen molar-refractivity contribution < 1.29 is 28.5 Å². The summed E-state index contributed by atoms with van der Waals surface area (Å²) in [5, 5.41) is 12.1. The van der Waals surface area contributed by atoms with E-state index >= 15 is 0 Å². The summed E-state index contributed by atoms with van der Waals surface area (Å²) in [6.45, 7) is 12.3. The Morgan fingerprint density at radius 1 is 0.804 bits per heavy atom. The number of benzene rings is 2. The third kappa shape index (κ3) is 6.79. The number of methoxy groups -OCH3 is 2. The molecule has 0 atom stereocenters. The lowest BCUT2D eigenvalue weighted by molar-refractivity contribution is -0.113. The average Bonchev–Trinajstić information content (AvgIpc) is 3.01. The van der Waals surface area contributed by atoms with Crippen LogP contribution in [0.25, 0.3) is 23.2 Å². The van der Waals surface area contributed by atoms with Gasteiger partial charge in [0.05, 0.1) is 52.5 Å². The molecule has 5 rings (SSSR count). The zero-order chi connectivity index (χ0) is 33.6. The predicted molar refractivity (Wildman–Crippen MR) is 184 cm³/mol. The fourth-order valence-corrected chi connectivity index (χ4v) is 5.29. The molecule has 0 bridgehead atoms. The molecule has 0 unspecified atom stereocenters. The molecule has 3 aromatic rings. The third-order valence-electron chi connectivity index (χ3n) is 7.60. The van der Waals surface area contributed by atoms with Crippen LogP contribution in [0, 0.1) is 5.41 Å². The molecule has 1 aliphatic heterocycles. The maximum Gasteiger partial charge on any atom is 0.360 e. The van der Waals surface area contributed by atoms with Gasteiger partial charge >= 0.3 is 11.5 Å². The minimum atomic E-state index is -0.324. The highest BCUT2D eigenvalue weighted by atomic mass is 35.5. The van der Waals surface area contributed by atoms with Crippen LogP contribution >= 0.6 is 23.2 Å². The van der Waals surface area contributed by atoms with Crippen LogP contribution in [0.2, 0.25) is 10.0 Å². The van der Waals surface area contributed by atoms with Crippen molar-refractivity contribution in [1.82, 2.24) is 0 Å². The number of carbonyl (C=O) groups excluding carboxylic acids is 1. The Morgan fingerprint density at radius 3 is 1.98 bits per heavy atom. The molecule has 0 saturated carbocycles. The molecule has 0 spiro atoms. The van der Waals surface area contributed by atoms with E-state index < -0.39 is 0 Å². The highest BCUT2D eigenvalue weighted by Gasteiger charge is 2.35. The normalized spacial score (nSPS) is 17.0. The van der Waals surface area contributed by atoms with Gasteiger partial charge in [0.1, 0.15) is 28.8 Å². The molecule has 238 valence electrons. The molecule has 6 nitrogen and oxygen atoms in total. The smallest absolute Gasteiger partial charge is 0.360 e. The summed E-state index contributed by atoms with van der Waals surface area (Å²) in [4.78, 5) is 13.5. The van der Waals surface area contributed by atoms with Crippen LogP contribution in [-0.4, -0.2) is 25.1 Å². The molecule has 2 heterocycles. The van der Waals surface area contributed by atoms with Crippen molar-refractivity contribution >= 4 is 40.8 Å². The molecule has 46 heavy (non-hydrogen) atoms. The Bertz CT molecular complexity index is 1890.